The Kier molecular flexibility index (Phi) is 6.37. The molecule has 1 heterocycles. The van der Waals surface area contributed by atoms with Gasteiger partial charge in [-0.15, -0.1) is 0 Å². The number of nitrogens with zero attached hydrogens (tertiary/aromatic N) is 2. The first-order valence-electron chi connectivity index (χ1n) is 10.8. The number of halogens is 4. The maximum atomic E-state index is 13.6. The van der Waals surface area contributed by atoms with Crippen molar-refractivity contribution in [2.45, 2.75) is 55.8 Å². The van der Waals surface area contributed by atoms with Crippen LogP contribution in [0.1, 0.15) is 42.9 Å². The van der Waals surface area contributed by atoms with E-state index in [2.05, 4.69) is 0 Å². The average molecular weight is 517 g/mol. The quantitative estimate of drug-likeness (QED) is 0.634. The van der Waals surface area contributed by atoms with Crippen LogP contribution in [0.15, 0.2) is 41.3 Å². The molecule has 2 aliphatic rings. The number of rotatable bonds is 4. The Morgan fingerprint density at radius 1 is 1.09 bits per heavy atom. The number of carboxylic acid groups (broad SMARTS) is 1. The van der Waals surface area contributed by atoms with Crippen LogP contribution in [-0.4, -0.2) is 49.0 Å². The number of alkyl halides is 3. The minimum absolute atomic E-state index is 0.0455. The molecule has 0 spiro atoms. The van der Waals surface area contributed by atoms with E-state index in [0.29, 0.717) is 24.1 Å². The van der Waals surface area contributed by atoms with Gasteiger partial charge in [-0.2, -0.15) is 17.5 Å². The lowest BCUT2D eigenvalue weighted by molar-refractivity contribution is -0.139. The van der Waals surface area contributed by atoms with Crippen LogP contribution in [0.2, 0.25) is 5.02 Å². The van der Waals surface area contributed by atoms with Crippen LogP contribution in [0, 0.1) is 0 Å². The molecule has 1 aliphatic carbocycles. The monoisotopic (exact) mass is 516 g/mol. The van der Waals surface area contributed by atoms with E-state index in [1.54, 1.807) is 19.9 Å². The molecule has 3 unspecified atom stereocenters. The summed E-state index contributed by atoms with van der Waals surface area (Å²) in [6.45, 7) is 3.99. The van der Waals surface area contributed by atoms with Crippen molar-refractivity contribution in [3.63, 3.8) is 0 Å². The zero-order valence-corrected chi connectivity index (χ0v) is 20.1. The van der Waals surface area contributed by atoms with Gasteiger partial charge in [-0.05, 0) is 68.1 Å². The number of piperazine rings is 1. The average Bonchev–Trinajstić information content (AvgIpc) is 3.15. The van der Waals surface area contributed by atoms with Gasteiger partial charge in [0, 0.05) is 30.9 Å². The Hall–Kier alpha value is -2.30. The van der Waals surface area contributed by atoms with Crippen molar-refractivity contribution in [1.82, 2.24) is 4.31 Å². The van der Waals surface area contributed by atoms with Gasteiger partial charge in [0.25, 0.3) is 0 Å². The van der Waals surface area contributed by atoms with Crippen molar-refractivity contribution in [1.29, 1.82) is 0 Å². The molecule has 2 aromatic carbocycles. The van der Waals surface area contributed by atoms with E-state index in [9.17, 15) is 31.5 Å². The second kappa shape index (κ2) is 8.73. The molecule has 0 bridgehead atoms. The predicted octanol–water partition coefficient (Wildman–Crippen LogP) is 4.76. The third kappa shape index (κ3) is 4.38. The normalized spacial score (nSPS) is 23.7. The minimum Gasteiger partial charge on any atom is -0.481 e. The molecule has 0 radical (unpaired) electrons. The molecule has 1 aliphatic heterocycles. The van der Waals surface area contributed by atoms with Crippen LogP contribution in [0.25, 0.3) is 0 Å². The highest BCUT2D eigenvalue weighted by atomic mass is 35.5. The summed E-state index contributed by atoms with van der Waals surface area (Å²) < 4.78 is 67.6. The standard InChI is InChI=1S/C23H24ClF3N2O4S/c1-13-11-28(16-5-8-20(21(24)9-16)23(25,26)27)12-14(2)29(13)34(32,33)17-6-3-15-4-7-18(22(30)31)19(15)10-17/h3,5-6,8-10,13-14,18H,4,7,11-12H2,1-2H3,(H,30,31). The Morgan fingerprint density at radius 3 is 2.29 bits per heavy atom. The lowest BCUT2D eigenvalue weighted by atomic mass is 10.0. The Labute approximate surface area is 201 Å². The number of fused-ring (bicyclic) bond motifs is 1. The first-order valence-corrected chi connectivity index (χ1v) is 12.6. The topological polar surface area (TPSA) is 77.9 Å². The lowest BCUT2D eigenvalue weighted by Gasteiger charge is -2.44. The summed E-state index contributed by atoms with van der Waals surface area (Å²) in [6.07, 6.45) is -3.53. The highest BCUT2D eigenvalue weighted by molar-refractivity contribution is 7.89. The van der Waals surface area contributed by atoms with Crippen molar-refractivity contribution in [2.24, 2.45) is 0 Å². The molecule has 4 rings (SSSR count). The number of hydrogen-bond acceptors (Lipinski definition) is 4. The van der Waals surface area contributed by atoms with Crippen LogP contribution < -0.4 is 4.90 Å². The van der Waals surface area contributed by atoms with Gasteiger partial charge in [0.2, 0.25) is 10.0 Å². The molecule has 1 saturated heterocycles. The van der Waals surface area contributed by atoms with Crippen molar-refractivity contribution < 1.29 is 31.5 Å². The molecule has 1 fully saturated rings. The van der Waals surface area contributed by atoms with Gasteiger partial charge >= 0.3 is 12.1 Å². The SMILES string of the molecule is CC1CN(c2ccc(C(F)(F)F)c(Cl)c2)CC(C)N1S(=O)(=O)c1ccc2c(c1)C(C(=O)O)CC2. The maximum Gasteiger partial charge on any atom is 0.417 e. The van der Waals surface area contributed by atoms with Gasteiger partial charge in [0.1, 0.15) is 0 Å². The molecule has 0 saturated carbocycles. The van der Waals surface area contributed by atoms with Gasteiger partial charge in [-0.3, -0.25) is 4.79 Å². The van der Waals surface area contributed by atoms with E-state index in [0.717, 1.165) is 11.6 Å². The van der Waals surface area contributed by atoms with Crippen LogP contribution in [0.5, 0.6) is 0 Å². The number of benzene rings is 2. The van der Waals surface area contributed by atoms with E-state index in [1.807, 2.05) is 4.90 Å². The van der Waals surface area contributed by atoms with E-state index in [4.69, 9.17) is 11.6 Å². The van der Waals surface area contributed by atoms with E-state index in [-0.39, 0.29) is 18.0 Å². The molecule has 11 heteroatoms. The first-order chi connectivity index (χ1) is 15.8. The molecule has 3 atom stereocenters. The number of anilines is 1. The van der Waals surface area contributed by atoms with Crippen molar-refractivity contribution in [2.75, 3.05) is 18.0 Å². The Morgan fingerprint density at radius 2 is 1.74 bits per heavy atom. The van der Waals surface area contributed by atoms with Crippen molar-refractivity contribution in [3.8, 4) is 0 Å². The summed E-state index contributed by atoms with van der Waals surface area (Å²) in [6, 6.07) is 7.21. The molecule has 6 nitrogen and oxygen atoms in total. The molecule has 1 N–H and O–H groups in total. The van der Waals surface area contributed by atoms with Gasteiger partial charge in [0.15, 0.2) is 0 Å². The van der Waals surface area contributed by atoms with Crippen LogP contribution in [-0.2, 0) is 27.4 Å². The molecule has 2 aromatic rings. The van der Waals surface area contributed by atoms with E-state index >= 15 is 0 Å². The number of sulfonamides is 1. The summed E-state index contributed by atoms with van der Waals surface area (Å²) in [5, 5.41) is 9.06. The number of carbonyl (C=O) groups is 1. The van der Waals surface area contributed by atoms with Gasteiger partial charge in [0.05, 0.1) is 21.4 Å². The largest absolute Gasteiger partial charge is 0.481 e. The summed E-state index contributed by atoms with van der Waals surface area (Å²) in [5.41, 5.74) is 0.940. The number of carboxylic acids is 1. The van der Waals surface area contributed by atoms with E-state index < -0.39 is 50.8 Å². The Bertz CT molecular complexity index is 1220. The summed E-state index contributed by atoms with van der Waals surface area (Å²) >= 11 is 5.87. The van der Waals surface area contributed by atoms with Gasteiger partial charge in [-0.1, -0.05) is 17.7 Å². The molecular weight excluding hydrogens is 493 g/mol. The maximum absolute atomic E-state index is 13.6. The fourth-order valence-electron chi connectivity index (χ4n) is 5.04. The number of hydrogen-bond donors (Lipinski definition) is 1. The first kappa shape index (κ1) is 24.8. The fraction of sp³-hybridized carbons (Fsp3) is 0.435. The highest BCUT2D eigenvalue weighted by Gasteiger charge is 2.40. The molecule has 184 valence electrons. The third-order valence-corrected chi connectivity index (χ3v) is 8.97. The molecular formula is C23H24ClF3N2O4S. The fourth-order valence-corrected chi connectivity index (χ4v) is 7.16. The second-order valence-electron chi connectivity index (χ2n) is 8.89. The van der Waals surface area contributed by atoms with Crippen molar-refractivity contribution >= 4 is 33.3 Å². The zero-order valence-electron chi connectivity index (χ0n) is 18.5. The smallest absolute Gasteiger partial charge is 0.417 e. The predicted molar refractivity (Wildman–Crippen MR) is 122 cm³/mol. The van der Waals surface area contributed by atoms with Gasteiger partial charge < -0.3 is 10.0 Å². The Balaban J connectivity index is 1.59. The number of aliphatic carboxylic acids is 1. The van der Waals surface area contributed by atoms with Crippen LogP contribution in [0.3, 0.4) is 0 Å². The van der Waals surface area contributed by atoms with Crippen molar-refractivity contribution in [3.05, 3.63) is 58.1 Å². The molecule has 34 heavy (non-hydrogen) atoms. The summed E-state index contributed by atoms with van der Waals surface area (Å²) in [4.78, 5) is 13.4. The van der Waals surface area contributed by atoms with Gasteiger partial charge in [-0.25, -0.2) is 8.42 Å². The zero-order chi connectivity index (χ0) is 25.0. The molecule has 0 aromatic heterocycles. The van der Waals surface area contributed by atoms with E-state index in [1.165, 1.54) is 28.6 Å². The van der Waals surface area contributed by atoms with Crippen LogP contribution >= 0.6 is 11.6 Å². The minimum atomic E-state index is -4.56. The summed E-state index contributed by atoms with van der Waals surface area (Å²) in [5.74, 6) is -1.69. The number of aryl methyl sites for hydroxylation is 1. The third-order valence-electron chi connectivity index (χ3n) is 6.53. The summed E-state index contributed by atoms with van der Waals surface area (Å²) in [7, 11) is -3.93. The lowest BCUT2D eigenvalue weighted by Crippen LogP contribution is -2.58. The molecule has 0 amide bonds. The highest BCUT2D eigenvalue weighted by Crippen LogP contribution is 2.39. The van der Waals surface area contributed by atoms with Crippen LogP contribution in [0.4, 0.5) is 18.9 Å². The second-order valence-corrected chi connectivity index (χ2v) is 11.1.